The van der Waals surface area contributed by atoms with Crippen molar-refractivity contribution in [1.29, 1.82) is 0 Å². The van der Waals surface area contributed by atoms with Gasteiger partial charge in [-0.15, -0.1) is 0 Å². The number of amides is 1. The zero-order chi connectivity index (χ0) is 13.4. The average molecular weight is 258 g/mol. The molecule has 1 amide bonds. The number of benzene rings is 1. The second kappa shape index (κ2) is 4.97. The molecule has 19 heavy (non-hydrogen) atoms. The lowest BCUT2D eigenvalue weighted by atomic mass is 9.95. The molecule has 1 unspecified atom stereocenters. The maximum absolute atomic E-state index is 12.5. The van der Waals surface area contributed by atoms with Crippen LogP contribution in [0.5, 0.6) is 0 Å². The smallest absolute Gasteiger partial charge is 0.240 e. The number of carbonyl (C=O) groups is 1. The first-order valence-corrected chi connectivity index (χ1v) is 7.23. The molecule has 3 nitrogen and oxygen atoms in total. The summed E-state index contributed by atoms with van der Waals surface area (Å²) in [6.45, 7) is 2.98. The van der Waals surface area contributed by atoms with Crippen LogP contribution in [0.4, 0.5) is 0 Å². The minimum Gasteiger partial charge on any atom is -0.341 e. The zero-order valence-corrected chi connectivity index (χ0v) is 11.7. The van der Waals surface area contributed by atoms with Crippen molar-refractivity contribution < 1.29 is 4.79 Å². The Hall–Kier alpha value is -1.35. The molecule has 1 aromatic carbocycles. The van der Waals surface area contributed by atoms with Gasteiger partial charge in [0, 0.05) is 19.6 Å². The van der Waals surface area contributed by atoms with Crippen molar-refractivity contribution in [3.05, 3.63) is 35.4 Å². The minimum absolute atomic E-state index is 0.0545. The molecule has 0 saturated heterocycles. The number of rotatable bonds is 3. The largest absolute Gasteiger partial charge is 0.341 e. The lowest BCUT2D eigenvalue weighted by Crippen LogP contribution is -2.51. The van der Waals surface area contributed by atoms with Crippen LogP contribution in [0.1, 0.15) is 30.9 Å². The summed E-state index contributed by atoms with van der Waals surface area (Å²) < 4.78 is 0. The van der Waals surface area contributed by atoms with Crippen LogP contribution in [0, 0.1) is 5.92 Å². The number of hydrogen-bond acceptors (Lipinski definition) is 2. The second-order valence-electron chi connectivity index (χ2n) is 5.93. The molecule has 2 aliphatic rings. The fraction of sp³-hybridized carbons (Fsp3) is 0.562. The highest BCUT2D eigenvalue weighted by Gasteiger charge is 2.35. The number of likely N-dealkylation sites (N-methyl/N-ethyl adjacent to an activating group) is 1. The first-order valence-electron chi connectivity index (χ1n) is 7.23. The van der Waals surface area contributed by atoms with E-state index in [-0.39, 0.29) is 11.9 Å². The Kier molecular flexibility index (Phi) is 3.31. The number of fused-ring (bicyclic) bond motifs is 1. The van der Waals surface area contributed by atoms with Crippen LogP contribution in [-0.4, -0.2) is 29.9 Å². The monoisotopic (exact) mass is 258 g/mol. The molecule has 3 rings (SSSR count). The Labute approximate surface area is 115 Å². The molecule has 0 spiro atoms. The normalized spacial score (nSPS) is 23.6. The molecule has 0 bridgehead atoms. The number of nitrogens with zero attached hydrogens (tertiary/aromatic N) is 1. The molecule has 1 aliphatic heterocycles. The molecule has 0 radical (unpaired) electrons. The second-order valence-corrected chi connectivity index (χ2v) is 5.93. The molecule has 1 fully saturated rings. The first kappa shape index (κ1) is 12.7. The lowest BCUT2D eigenvalue weighted by Gasteiger charge is -2.32. The maximum atomic E-state index is 12.5. The molecular formula is C16H22N2O. The highest BCUT2D eigenvalue weighted by Crippen LogP contribution is 2.35. The van der Waals surface area contributed by atoms with E-state index in [4.69, 9.17) is 0 Å². The topological polar surface area (TPSA) is 32.3 Å². The van der Waals surface area contributed by atoms with Crippen LogP contribution >= 0.6 is 0 Å². The molecule has 102 valence electrons. The molecule has 0 aromatic heterocycles. The van der Waals surface area contributed by atoms with Crippen LogP contribution in [-0.2, 0) is 17.8 Å². The van der Waals surface area contributed by atoms with Crippen molar-refractivity contribution >= 4 is 5.91 Å². The van der Waals surface area contributed by atoms with Gasteiger partial charge >= 0.3 is 0 Å². The highest BCUT2D eigenvalue weighted by atomic mass is 16.2. The summed E-state index contributed by atoms with van der Waals surface area (Å²) in [7, 11) is 1.95. The van der Waals surface area contributed by atoms with E-state index in [9.17, 15) is 4.79 Å². The van der Waals surface area contributed by atoms with Gasteiger partial charge in [0.05, 0.1) is 6.04 Å². The van der Waals surface area contributed by atoms with Gasteiger partial charge in [0.2, 0.25) is 5.91 Å². The summed E-state index contributed by atoms with van der Waals surface area (Å²) in [6, 6.07) is 8.72. The summed E-state index contributed by atoms with van der Waals surface area (Å²) >= 11 is 0. The zero-order valence-electron chi connectivity index (χ0n) is 11.7. The molecule has 1 N–H and O–H groups in total. The standard InChI is InChI=1S/C16H22N2O/c1-11(12-7-8-12)18(2)16(19)15-9-13-5-3-4-6-14(13)10-17-15/h3-6,11-12,15,17H,7-10H2,1-2H3/t11?,15-/m0/s1. The number of hydrogen-bond donors (Lipinski definition) is 1. The van der Waals surface area contributed by atoms with Gasteiger partial charge in [-0.2, -0.15) is 0 Å². The molecule has 1 heterocycles. The van der Waals surface area contributed by atoms with Gasteiger partial charge < -0.3 is 10.2 Å². The summed E-state index contributed by atoms with van der Waals surface area (Å²) in [5.74, 6) is 0.971. The minimum atomic E-state index is -0.0545. The van der Waals surface area contributed by atoms with Crippen molar-refractivity contribution in [3.8, 4) is 0 Å². The quantitative estimate of drug-likeness (QED) is 0.899. The van der Waals surface area contributed by atoms with Crippen LogP contribution in [0.2, 0.25) is 0 Å². The van der Waals surface area contributed by atoms with Gasteiger partial charge in [-0.25, -0.2) is 0 Å². The van der Waals surface area contributed by atoms with Crippen LogP contribution in [0.25, 0.3) is 0 Å². The van der Waals surface area contributed by atoms with E-state index >= 15 is 0 Å². The fourth-order valence-electron chi connectivity index (χ4n) is 2.97. The number of carbonyl (C=O) groups excluding carboxylic acids is 1. The van der Waals surface area contributed by atoms with E-state index in [1.165, 1.54) is 24.0 Å². The van der Waals surface area contributed by atoms with Gasteiger partial charge in [0.1, 0.15) is 0 Å². The van der Waals surface area contributed by atoms with E-state index in [0.29, 0.717) is 6.04 Å². The van der Waals surface area contributed by atoms with E-state index in [2.05, 4.69) is 36.5 Å². The Morgan fingerprint density at radius 3 is 2.68 bits per heavy atom. The van der Waals surface area contributed by atoms with E-state index in [1.807, 2.05) is 11.9 Å². The molecule has 3 heteroatoms. The molecule has 1 aromatic rings. The highest BCUT2D eigenvalue weighted by molar-refractivity contribution is 5.82. The van der Waals surface area contributed by atoms with Crippen molar-refractivity contribution in [2.75, 3.05) is 7.05 Å². The van der Waals surface area contributed by atoms with E-state index < -0.39 is 0 Å². The Morgan fingerprint density at radius 1 is 1.32 bits per heavy atom. The van der Waals surface area contributed by atoms with Crippen molar-refractivity contribution in [3.63, 3.8) is 0 Å². The summed E-state index contributed by atoms with van der Waals surface area (Å²) in [6.07, 6.45) is 3.37. The van der Waals surface area contributed by atoms with Gasteiger partial charge in [-0.1, -0.05) is 24.3 Å². The van der Waals surface area contributed by atoms with Gasteiger partial charge in [0.15, 0.2) is 0 Å². The predicted molar refractivity (Wildman–Crippen MR) is 75.7 cm³/mol. The number of nitrogens with one attached hydrogen (secondary N) is 1. The van der Waals surface area contributed by atoms with Gasteiger partial charge in [-0.05, 0) is 43.2 Å². The van der Waals surface area contributed by atoms with Gasteiger partial charge in [-0.3, -0.25) is 4.79 Å². The Morgan fingerprint density at radius 2 is 2.00 bits per heavy atom. The molecule has 2 atom stereocenters. The lowest BCUT2D eigenvalue weighted by molar-refractivity contribution is -0.134. The van der Waals surface area contributed by atoms with Crippen LogP contribution in [0.3, 0.4) is 0 Å². The third-order valence-corrected chi connectivity index (χ3v) is 4.64. The van der Waals surface area contributed by atoms with Gasteiger partial charge in [0.25, 0.3) is 0 Å². The summed E-state index contributed by atoms with van der Waals surface area (Å²) in [5, 5.41) is 3.38. The van der Waals surface area contributed by atoms with Crippen molar-refractivity contribution in [1.82, 2.24) is 10.2 Å². The third-order valence-electron chi connectivity index (χ3n) is 4.64. The molecule has 1 aliphatic carbocycles. The predicted octanol–water partition coefficient (Wildman–Crippen LogP) is 1.96. The van der Waals surface area contributed by atoms with Crippen LogP contribution < -0.4 is 5.32 Å². The average Bonchev–Trinajstić information content (AvgIpc) is 3.29. The summed E-state index contributed by atoms with van der Waals surface area (Å²) in [5.41, 5.74) is 2.64. The fourth-order valence-corrected chi connectivity index (χ4v) is 2.97. The molecular weight excluding hydrogens is 236 g/mol. The van der Waals surface area contributed by atoms with Crippen molar-refractivity contribution in [2.45, 2.75) is 44.8 Å². The van der Waals surface area contributed by atoms with E-state index in [0.717, 1.165) is 18.9 Å². The third kappa shape index (κ3) is 2.52. The van der Waals surface area contributed by atoms with Crippen LogP contribution in [0.15, 0.2) is 24.3 Å². The Bertz CT molecular complexity index is 481. The maximum Gasteiger partial charge on any atom is 0.240 e. The molecule has 1 saturated carbocycles. The first-order chi connectivity index (χ1) is 9.16. The summed E-state index contributed by atoms with van der Waals surface area (Å²) in [4.78, 5) is 14.5. The van der Waals surface area contributed by atoms with E-state index in [1.54, 1.807) is 0 Å². The van der Waals surface area contributed by atoms with Crippen molar-refractivity contribution in [2.24, 2.45) is 5.92 Å². The SMILES string of the molecule is CC(C1CC1)N(C)C(=O)[C@@H]1Cc2ccccc2CN1. The Balaban J connectivity index is 1.68.